The molecule has 4 rings (SSSR count). The number of amides is 1. The predicted octanol–water partition coefficient (Wildman–Crippen LogP) is 4.32. The molecule has 0 radical (unpaired) electrons. The first kappa shape index (κ1) is 16.3. The van der Waals surface area contributed by atoms with Crippen molar-refractivity contribution in [1.82, 2.24) is 10.3 Å². The summed E-state index contributed by atoms with van der Waals surface area (Å²) >= 11 is 1.68. The van der Waals surface area contributed by atoms with Gasteiger partial charge in [-0.3, -0.25) is 4.79 Å². The summed E-state index contributed by atoms with van der Waals surface area (Å²) in [6, 6.07) is 18.2. The summed E-state index contributed by atoms with van der Waals surface area (Å²) in [5, 5.41) is 4.18. The third-order valence-electron chi connectivity index (χ3n) is 5.00. The van der Waals surface area contributed by atoms with Crippen LogP contribution in [0.4, 0.5) is 0 Å². The molecule has 1 amide bonds. The van der Waals surface area contributed by atoms with Crippen LogP contribution in [-0.2, 0) is 16.6 Å². The van der Waals surface area contributed by atoms with Crippen molar-refractivity contribution in [2.24, 2.45) is 5.92 Å². The first-order chi connectivity index (χ1) is 12.1. The van der Waals surface area contributed by atoms with Gasteiger partial charge in [0, 0.05) is 13.0 Å². The van der Waals surface area contributed by atoms with Gasteiger partial charge in [0.2, 0.25) is 5.91 Å². The summed E-state index contributed by atoms with van der Waals surface area (Å²) in [5.41, 5.74) is 1.45. The minimum absolute atomic E-state index is 0.102. The number of rotatable bonds is 6. The van der Waals surface area contributed by atoms with Crippen LogP contribution in [0.3, 0.4) is 0 Å². The molecular weight excluding hydrogens is 328 g/mol. The number of nitrogens with one attached hydrogen (secondary N) is 1. The Balaban J connectivity index is 1.65. The van der Waals surface area contributed by atoms with E-state index in [1.54, 1.807) is 11.3 Å². The largest absolute Gasteiger partial charge is 0.355 e. The van der Waals surface area contributed by atoms with E-state index in [4.69, 9.17) is 4.98 Å². The average molecular weight is 350 g/mol. The van der Waals surface area contributed by atoms with E-state index in [0.717, 1.165) is 22.6 Å². The number of para-hydroxylation sites is 1. The normalized spacial score (nSPS) is 16.5. The number of benzene rings is 2. The molecule has 2 aromatic carbocycles. The molecule has 1 aliphatic carbocycles. The fourth-order valence-electron chi connectivity index (χ4n) is 3.17. The monoisotopic (exact) mass is 350 g/mol. The van der Waals surface area contributed by atoms with Crippen LogP contribution >= 0.6 is 11.3 Å². The van der Waals surface area contributed by atoms with Gasteiger partial charge in [-0.1, -0.05) is 42.5 Å². The summed E-state index contributed by atoms with van der Waals surface area (Å²) in [6.07, 6.45) is 3.09. The molecule has 1 fully saturated rings. The van der Waals surface area contributed by atoms with E-state index in [2.05, 4.69) is 11.4 Å². The highest BCUT2D eigenvalue weighted by atomic mass is 32.1. The number of fused-ring (bicyclic) bond motifs is 1. The van der Waals surface area contributed by atoms with Crippen molar-refractivity contribution in [3.63, 3.8) is 0 Å². The highest BCUT2D eigenvalue weighted by Crippen LogP contribution is 2.33. The zero-order valence-electron chi connectivity index (χ0n) is 14.4. The van der Waals surface area contributed by atoms with Crippen LogP contribution < -0.4 is 5.32 Å². The Labute approximate surface area is 152 Å². The van der Waals surface area contributed by atoms with Crippen molar-refractivity contribution in [2.45, 2.75) is 31.6 Å². The van der Waals surface area contributed by atoms with E-state index < -0.39 is 5.41 Å². The second kappa shape index (κ2) is 6.60. The third-order valence-corrected chi connectivity index (χ3v) is 6.04. The molecule has 0 aliphatic heterocycles. The Morgan fingerprint density at radius 2 is 1.88 bits per heavy atom. The number of carbonyl (C=O) groups excluding carboxylic acids is 1. The summed E-state index contributed by atoms with van der Waals surface area (Å²) in [5.74, 6) is 0.774. The highest BCUT2D eigenvalue weighted by molar-refractivity contribution is 7.18. The molecule has 1 atom stereocenters. The van der Waals surface area contributed by atoms with Gasteiger partial charge in [-0.2, -0.15) is 0 Å². The molecule has 4 heteroatoms. The molecule has 1 saturated carbocycles. The smallest absolute Gasteiger partial charge is 0.230 e. The first-order valence-corrected chi connectivity index (χ1v) is 9.65. The first-order valence-electron chi connectivity index (χ1n) is 8.83. The quantitative estimate of drug-likeness (QED) is 0.719. The van der Waals surface area contributed by atoms with E-state index in [9.17, 15) is 4.79 Å². The van der Waals surface area contributed by atoms with Gasteiger partial charge in [0.05, 0.1) is 20.6 Å². The maximum atomic E-state index is 13.1. The molecule has 1 aromatic heterocycles. The molecule has 1 heterocycles. The number of hydrogen-bond donors (Lipinski definition) is 1. The summed E-state index contributed by atoms with van der Waals surface area (Å²) in [4.78, 5) is 17.8. The number of thiazole rings is 1. The number of hydrogen-bond acceptors (Lipinski definition) is 3. The molecule has 0 saturated heterocycles. The number of carbonyl (C=O) groups is 1. The van der Waals surface area contributed by atoms with Gasteiger partial charge < -0.3 is 5.32 Å². The van der Waals surface area contributed by atoms with Crippen LogP contribution in [0.2, 0.25) is 0 Å². The summed E-state index contributed by atoms with van der Waals surface area (Å²) < 4.78 is 1.17. The van der Waals surface area contributed by atoms with Gasteiger partial charge in [-0.25, -0.2) is 4.98 Å². The fourth-order valence-corrected chi connectivity index (χ4v) is 4.30. The van der Waals surface area contributed by atoms with Crippen LogP contribution in [-0.4, -0.2) is 17.4 Å². The van der Waals surface area contributed by atoms with Crippen molar-refractivity contribution in [3.8, 4) is 0 Å². The SMILES string of the molecule is CC(Cc1nc2ccccc2s1)(C(=O)NCC1CC1)c1ccccc1. The lowest BCUT2D eigenvalue weighted by molar-refractivity contribution is -0.126. The minimum Gasteiger partial charge on any atom is -0.355 e. The topological polar surface area (TPSA) is 42.0 Å². The van der Waals surface area contributed by atoms with Crippen LogP contribution in [0.25, 0.3) is 10.2 Å². The van der Waals surface area contributed by atoms with E-state index in [1.165, 1.54) is 17.5 Å². The van der Waals surface area contributed by atoms with E-state index >= 15 is 0 Å². The lowest BCUT2D eigenvalue weighted by atomic mass is 9.78. The van der Waals surface area contributed by atoms with Crippen molar-refractivity contribution >= 4 is 27.5 Å². The predicted molar refractivity (Wildman–Crippen MR) is 103 cm³/mol. The Morgan fingerprint density at radius 1 is 1.16 bits per heavy atom. The lowest BCUT2D eigenvalue weighted by Gasteiger charge is -2.28. The molecule has 1 unspecified atom stereocenters. The van der Waals surface area contributed by atoms with Crippen molar-refractivity contribution in [2.75, 3.05) is 6.54 Å². The van der Waals surface area contributed by atoms with Gasteiger partial charge in [-0.15, -0.1) is 11.3 Å². The molecule has 0 bridgehead atoms. The van der Waals surface area contributed by atoms with Gasteiger partial charge in [-0.05, 0) is 43.4 Å². The zero-order valence-corrected chi connectivity index (χ0v) is 15.2. The highest BCUT2D eigenvalue weighted by Gasteiger charge is 2.37. The van der Waals surface area contributed by atoms with Crippen LogP contribution in [0.15, 0.2) is 54.6 Å². The van der Waals surface area contributed by atoms with E-state index in [-0.39, 0.29) is 5.91 Å². The second-order valence-electron chi connectivity index (χ2n) is 7.10. The van der Waals surface area contributed by atoms with E-state index in [0.29, 0.717) is 12.3 Å². The lowest BCUT2D eigenvalue weighted by Crippen LogP contribution is -2.44. The van der Waals surface area contributed by atoms with Crippen molar-refractivity contribution in [3.05, 3.63) is 65.2 Å². The van der Waals surface area contributed by atoms with Crippen LogP contribution in [0.1, 0.15) is 30.3 Å². The molecule has 3 aromatic rings. The van der Waals surface area contributed by atoms with Crippen LogP contribution in [0.5, 0.6) is 0 Å². The molecular formula is C21H22N2OS. The summed E-state index contributed by atoms with van der Waals surface area (Å²) in [7, 11) is 0. The second-order valence-corrected chi connectivity index (χ2v) is 8.22. The van der Waals surface area contributed by atoms with Gasteiger partial charge >= 0.3 is 0 Å². The standard InChI is InChI=1S/C21H22N2OS/c1-21(16-7-3-2-4-8-16,20(24)22-14-15-11-12-15)13-19-23-17-9-5-6-10-18(17)25-19/h2-10,15H,11-14H2,1H3,(H,22,24). The van der Waals surface area contributed by atoms with Crippen molar-refractivity contribution in [1.29, 1.82) is 0 Å². The number of nitrogens with zero attached hydrogens (tertiary/aromatic N) is 1. The molecule has 3 nitrogen and oxygen atoms in total. The Bertz CT molecular complexity index is 852. The number of aromatic nitrogens is 1. The average Bonchev–Trinajstić information content (AvgIpc) is 3.38. The Morgan fingerprint density at radius 3 is 2.60 bits per heavy atom. The molecule has 1 N–H and O–H groups in total. The zero-order chi connectivity index (χ0) is 17.3. The maximum absolute atomic E-state index is 13.1. The summed E-state index contributed by atoms with van der Waals surface area (Å²) in [6.45, 7) is 2.83. The van der Waals surface area contributed by atoms with Crippen LogP contribution in [0, 0.1) is 5.92 Å². The Kier molecular flexibility index (Phi) is 4.30. The molecule has 128 valence electrons. The molecule has 25 heavy (non-hydrogen) atoms. The maximum Gasteiger partial charge on any atom is 0.230 e. The fraction of sp³-hybridized carbons (Fsp3) is 0.333. The van der Waals surface area contributed by atoms with Gasteiger partial charge in [0.15, 0.2) is 0 Å². The van der Waals surface area contributed by atoms with Gasteiger partial charge in [0.25, 0.3) is 0 Å². The van der Waals surface area contributed by atoms with E-state index in [1.807, 2.05) is 55.5 Å². The molecule has 0 spiro atoms. The van der Waals surface area contributed by atoms with Crippen molar-refractivity contribution < 1.29 is 4.79 Å². The van der Waals surface area contributed by atoms with Gasteiger partial charge in [0.1, 0.15) is 0 Å². The Hall–Kier alpha value is -2.20. The molecule has 1 aliphatic rings. The third kappa shape index (κ3) is 3.45. The minimum atomic E-state index is -0.607.